The van der Waals surface area contributed by atoms with Gasteiger partial charge < -0.3 is 9.80 Å². The fourth-order valence-corrected chi connectivity index (χ4v) is 8.42. The number of aromatic amines is 1. The monoisotopic (exact) mass is 701 g/mol. The number of halogens is 3. The Labute approximate surface area is 294 Å². The number of anilines is 1. The number of benzene rings is 2. The van der Waals surface area contributed by atoms with Crippen LogP contribution < -0.4 is 4.90 Å². The van der Waals surface area contributed by atoms with E-state index in [-0.39, 0.29) is 17.7 Å². The molecule has 14 heteroatoms. The summed E-state index contributed by atoms with van der Waals surface area (Å²) in [5.74, 6) is 0.960. The van der Waals surface area contributed by atoms with Crippen LogP contribution in [-0.4, -0.2) is 117 Å². The average Bonchev–Trinajstić information content (AvgIpc) is 3.92. The van der Waals surface area contributed by atoms with E-state index < -0.39 is 18.1 Å². The lowest BCUT2D eigenvalue weighted by Crippen LogP contribution is -2.43. The molecule has 8 rings (SSSR count). The maximum absolute atomic E-state index is 14.0. The summed E-state index contributed by atoms with van der Waals surface area (Å²) < 4.78 is 40.4. The predicted molar refractivity (Wildman–Crippen MR) is 187 cm³/mol. The number of carbonyl (C=O) groups excluding carboxylic acids is 2. The Hall–Kier alpha value is -4.56. The summed E-state index contributed by atoms with van der Waals surface area (Å²) in [6.45, 7) is 3.28. The van der Waals surface area contributed by atoms with Gasteiger partial charge in [0.25, 0.3) is 0 Å². The SMILES string of the molecule is Cn1cnc(-c2ccc(C3=CCN(C(=O)CN4CC[C@]5(CCN(c6ccc7n[nH]c(C8CCN(CC(F)(F)F)CC8)c7c6)C5=O)C4)CC3)cc2)n1. The van der Waals surface area contributed by atoms with Crippen LogP contribution in [0.4, 0.5) is 18.9 Å². The van der Waals surface area contributed by atoms with Crippen molar-refractivity contribution in [3.8, 4) is 11.4 Å². The number of aryl methyl sites for hydroxylation is 1. The minimum atomic E-state index is -4.20. The summed E-state index contributed by atoms with van der Waals surface area (Å²) in [4.78, 5) is 39.1. The standard InChI is InChI=1S/C37H42F3N9O2/c1-45-24-41-34(44-45)28-4-2-25(3-5-28)26-10-16-48(17-11-26)32(50)21-47-18-12-36(22-47)13-19-49(35(36)51)29-6-7-31-30(20-29)33(43-42-31)27-8-14-46(15-9-27)23-37(38,39)40/h2-7,10,20,24,27H,8-9,11-19,21-23H2,1H3,(H,42,43)/t36-/m0/s1. The van der Waals surface area contributed by atoms with Crippen LogP contribution in [0.1, 0.15) is 49.3 Å². The zero-order chi connectivity index (χ0) is 35.3. The van der Waals surface area contributed by atoms with Gasteiger partial charge in [0.1, 0.15) is 6.33 Å². The number of amides is 2. The Morgan fingerprint density at radius 1 is 0.980 bits per heavy atom. The van der Waals surface area contributed by atoms with Crippen LogP contribution in [0.5, 0.6) is 0 Å². The predicted octanol–water partition coefficient (Wildman–Crippen LogP) is 4.84. The minimum absolute atomic E-state index is 0.0836. The van der Waals surface area contributed by atoms with E-state index in [4.69, 9.17) is 0 Å². The van der Waals surface area contributed by atoms with Crippen molar-refractivity contribution in [3.63, 3.8) is 0 Å². The smallest absolute Gasteiger partial charge is 0.338 e. The molecule has 1 N–H and O–H groups in total. The molecule has 51 heavy (non-hydrogen) atoms. The highest BCUT2D eigenvalue weighted by molar-refractivity contribution is 6.02. The number of likely N-dealkylation sites (tertiary alicyclic amines) is 2. The van der Waals surface area contributed by atoms with E-state index in [1.54, 1.807) is 11.0 Å². The Morgan fingerprint density at radius 3 is 2.45 bits per heavy atom. The van der Waals surface area contributed by atoms with Crippen molar-refractivity contribution in [1.82, 2.24) is 39.7 Å². The zero-order valence-corrected chi connectivity index (χ0v) is 28.7. The summed E-state index contributed by atoms with van der Waals surface area (Å²) in [7, 11) is 1.85. The summed E-state index contributed by atoms with van der Waals surface area (Å²) in [6, 6.07) is 14.1. The van der Waals surface area contributed by atoms with E-state index in [9.17, 15) is 22.8 Å². The Bertz CT molecular complexity index is 1960. The highest BCUT2D eigenvalue weighted by Gasteiger charge is 2.51. The van der Waals surface area contributed by atoms with Crippen molar-refractivity contribution < 1.29 is 22.8 Å². The first-order chi connectivity index (χ1) is 24.5. The lowest BCUT2D eigenvalue weighted by molar-refractivity contribution is -0.148. The summed E-state index contributed by atoms with van der Waals surface area (Å²) in [5.41, 5.74) is 5.35. The largest absolute Gasteiger partial charge is 0.401 e. The molecule has 2 amide bonds. The molecule has 1 spiro atoms. The Kier molecular flexibility index (Phi) is 8.69. The number of aromatic nitrogens is 5. The van der Waals surface area contributed by atoms with Gasteiger partial charge in [-0.05, 0) is 81.1 Å². The first-order valence-electron chi connectivity index (χ1n) is 17.8. The molecule has 4 aliphatic heterocycles. The molecule has 6 heterocycles. The highest BCUT2D eigenvalue weighted by Crippen LogP contribution is 2.43. The second kappa shape index (κ2) is 13.2. The van der Waals surface area contributed by atoms with Crippen molar-refractivity contribution >= 4 is 34.0 Å². The van der Waals surface area contributed by atoms with Gasteiger partial charge in [-0.1, -0.05) is 30.3 Å². The van der Waals surface area contributed by atoms with E-state index >= 15 is 0 Å². The van der Waals surface area contributed by atoms with Gasteiger partial charge in [0.15, 0.2) is 5.82 Å². The van der Waals surface area contributed by atoms with Crippen LogP contribution in [0.3, 0.4) is 0 Å². The second-order valence-electron chi connectivity index (χ2n) is 14.6. The van der Waals surface area contributed by atoms with Gasteiger partial charge >= 0.3 is 6.18 Å². The number of nitrogens with zero attached hydrogens (tertiary/aromatic N) is 8. The first-order valence-corrected chi connectivity index (χ1v) is 17.8. The molecule has 11 nitrogen and oxygen atoms in total. The quantitative estimate of drug-likeness (QED) is 0.294. The molecule has 0 saturated carbocycles. The van der Waals surface area contributed by atoms with Crippen molar-refractivity contribution in [2.75, 3.05) is 63.8 Å². The number of nitrogens with one attached hydrogen (secondary N) is 1. The number of alkyl halides is 3. The van der Waals surface area contributed by atoms with E-state index in [0.717, 1.165) is 52.7 Å². The molecule has 1 atom stereocenters. The van der Waals surface area contributed by atoms with Crippen LogP contribution in [0.15, 0.2) is 54.9 Å². The van der Waals surface area contributed by atoms with Crippen LogP contribution >= 0.6 is 0 Å². The number of carbonyl (C=O) groups is 2. The topological polar surface area (TPSA) is 106 Å². The molecule has 268 valence electrons. The lowest BCUT2D eigenvalue weighted by Gasteiger charge is -2.32. The lowest BCUT2D eigenvalue weighted by atomic mass is 9.85. The van der Waals surface area contributed by atoms with E-state index in [2.05, 4.69) is 43.4 Å². The second-order valence-corrected chi connectivity index (χ2v) is 14.6. The molecule has 0 aliphatic carbocycles. The van der Waals surface area contributed by atoms with E-state index in [0.29, 0.717) is 71.0 Å². The third-order valence-electron chi connectivity index (χ3n) is 11.3. The van der Waals surface area contributed by atoms with Crippen LogP contribution in [-0.2, 0) is 16.6 Å². The van der Waals surface area contributed by atoms with Crippen molar-refractivity contribution in [2.24, 2.45) is 12.5 Å². The van der Waals surface area contributed by atoms with Gasteiger partial charge in [-0.15, -0.1) is 0 Å². The number of H-pyrrole nitrogens is 1. The fourth-order valence-electron chi connectivity index (χ4n) is 8.42. The number of hydrogen-bond acceptors (Lipinski definition) is 7. The molecule has 0 bridgehead atoms. The van der Waals surface area contributed by atoms with Crippen molar-refractivity contribution in [3.05, 3.63) is 66.1 Å². The van der Waals surface area contributed by atoms with Gasteiger partial charge in [-0.3, -0.25) is 29.2 Å². The molecular weight excluding hydrogens is 659 g/mol. The summed E-state index contributed by atoms with van der Waals surface area (Å²) in [5, 5.41) is 12.9. The molecule has 3 saturated heterocycles. The fraction of sp³-hybridized carbons (Fsp3) is 0.486. The molecular formula is C37H42F3N9O2. The molecule has 2 aromatic carbocycles. The Balaban J connectivity index is 0.865. The number of hydrogen-bond donors (Lipinski definition) is 1. The van der Waals surface area contributed by atoms with Gasteiger partial charge in [-0.25, -0.2) is 4.98 Å². The molecule has 4 aliphatic rings. The summed E-state index contributed by atoms with van der Waals surface area (Å²) >= 11 is 0. The van der Waals surface area contributed by atoms with Crippen molar-refractivity contribution in [1.29, 1.82) is 0 Å². The molecule has 0 unspecified atom stereocenters. The number of fused-ring (bicyclic) bond motifs is 1. The minimum Gasteiger partial charge on any atom is -0.338 e. The zero-order valence-electron chi connectivity index (χ0n) is 28.7. The maximum atomic E-state index is 14.0. The highest BCUT2D eigenvalue weighted by atomic mass is 19.4. The number of piperidine rings is 1. The van der Waals surface area contributed by atoms with E-state index in [1.807, 2.05) is 47.2 Å². The van der Waals surface area contributed by atoms with Gasteiger partial charge in [-0.2, -0.15) is 23.4 Å². The maximum Gasteiger partial charge on any atom is 0.401 e. The number of rotatable bonds is 7. The van der Waals surface area contributed by atoms with Crippen LogP contribution in [0, 0.1) is 5.41 Å². The van der Waals surface area contributed by atoms with Gasteiger partial charge in [0.05, 0.1) is 24.0 Å². The summed E-state index contributed by atoms with van der Waals surface area (Å²) in [6.07, 6.45) is 3.09. The van der Waals surface area contributed by atoms with E-state index in [1.165, 1.54) is 10.5 Å². The van der Waals surface area contributed by atoms with Gasteiger partial charge in [0, 0.05) is 61.5 Å². The molecule has 2 aromatic heterocycles. The van der Waals surface area contributed by atoms with Crippen LogP contribution in [0.25, 0.3) is 27.9 Å². The van der Waals surface area contributed by atoms with Crippen LogP contribution in [0.2, 0.25) is 0 Å². The molecule has 4 aromatic rings. The van der Waals surface area contributed by atoms with Crippen molar-refractivity contribution in [2.45, 2.75) is 44.2 Å². The normalized spacial score (nSPS) is 22.5. The molecule has 0 radical (unpaired) electrons. The third-order valence-corrected chi connectivity index (χ3v) is 11.3. The average molecular weight is 702 g/mol. The molecule has 3 fully saturated rings. The Morgan fingerprint density at radius 2 is 1.75 bits per heavy atom. The van der Waals surface area contributed by atoms with Gasteiger partial charge in [0.2, 0.25) is 11.8 Å². The third kappa shape index (κ3) is 6.78. The first kappa shape index (κ1) is 33.6.